The van der Waals surface area contributed by atoms with Gasteiger partial charge in [-0.3, -0.25) is 0 Å². The molecule has 1 aromatic carbocycles. The Bertz CT molecular complexity index is 1530. The number of aliphatic hydroxyl groups is 2. The number of amides is 2. The molecule has 1 saturated carbocycles. The molecule has 1 heterocycles. The summed E-state index contributed by atoms with van der Waals surface area (Å²) < 4.78 is 25.6. The van der Waals surface area contributed by atoms with Crippen LogP contribution in [0, 0.1) is 17.8 Å². The lowest BCUT2D eigenvalue weighted by Crippen LogP contribution is -2.69. The lowest BCUT2D eigenvalue weighted by Gasteiger charge is -2.59. The van der Waals surface area contributed by atoms with E-state index in [0.717, 1.165) is 56.1 Å². The van der Waals surface area contributed by atoms with Crippen molar-refractivity contribution in [3.8, 4) is 11.5 Å². The molecular weight excluding hydrogens is 751 g/mol. The number of likely N-dealkylation sites (N-methyl/N-ethyl adjacent to an activating group) is 1. The number of rotatable bonds is 28. The third-order valence-corrected chi connectivity index (χ3v) is 12.2. The van der Waals surface area contributed by atoms with Crippen molar-refractivity contribution in [3.63, 3.8) is 0 Å². The molecule has 2 aliphatic carbocycles. The van der Waals surface area contributed by atoms with Gasteiger partial charge in [0, 0.05) is 44.7 Å². The molecule has 330 valence electrons. The van der Waals surface area contributed by atoms with Gasteiger partial charge in [0.05, 0.1) is 24.8 Å². The highest BCUT2D eigenvalue weighted by Gasteiger charge is 2.65. The van der Waals surface area contributed by atoms with E-state index in [1.165, 1.54) is 52.1 Å². The molecule has 3 aliphatic rings. The molecule has 59 heavy (non-hydrogen) atoms. The molecule has 2 amide bonds. The van der Waals surface area contributed by atoms with Gasteiger partial charge in [0.1, 0.15) is 24.7 Å². The Balaban J connectivity index is 1.69. The van der Waals surface area contributed by atoms with Gasteiger partial charge in [0.2, 0.25) is 5.79 Å². The van der Waals surface area contributed by atoms with Gasteiger partial charge in [-0.1, -0.05) is 101 Å². The van der Waals surface area contributed by atoms with Crippen LogP contribution in [0.15, 0.2) is 60.3 Å². The first-order chi connectivity index (χ1) is 28.8. The summed E-state index contributed by atoms with van der Waals surface area (Å²) >= 11 is 0. The Kier molecular flexibility index (Phi) is 20.8. The number of carbonyl (C=O) groups excluding carboxylic acids is 2. The summed E-state index contributed by atoms with van der Waals surface area (Å²) in [6, 6.07) is 4.79. The zero-order chi connectivity index (χ0) is 42.5. The average Bonchev–Trinajstić information content (AvgIpc) is 3.23. The molecule has 0 unspecified atom stereocenters. The van der Waals surface area contributed by atoms with Gasteiger partial charge >= 0.3 is 12.2 Å². The normalized spacial score (nSPS) is 23.6. The Morgan fingerprint density at radius 2 is 1.66 bits per heavy atom. The Morgan fingerprint density at radius 3 is 2.32 bits per heavy atom. The number of hydrogen-bond acceptors (Lipinski definition) is 10. The number of nitrogens with one attached hydrogen (secondary N) is 1. The van der Waals surface area contributed by atoms with Crippen LogP contribution in [0.3, 0.4) is 0 Å². The molecule has 4 rings (SSSR count). The Morgan fingerprint density at radius 1 is 0.966 bits per heavy atom. The largest absolute Gasteiger partial charge is 0.459 e. The number of aliphatic hydroxyl groups excluding tert-OH is 2. The molecule has 1 aliphatic heterocycles. The average molecular weight is 824 g/mol. The first-order valence-corrected chi connectivity index (χ1v) is 22.4. The standard InChI is InChI=1S/C47H73N3O9/c1-6-9-11-12-13-14-15-16-17-20-27-48-45(53)58-36-25-26-41-39(33-36)43-37(24-19-22-29-52)35(23-18-21-28-51)32-38-40(49-55-5)34-42(50(4)46(54)56-31-10-7-2)47(59-41,44(38)43)57-30-8-3/h7-8,25-26,32-33,35,37,42-44,51-52H,2-3,6,9-24,27-31,34H2,1,4-5H3,(H,48,53)/t35-,37+,42-,43+,44+,47+/m0/s1. The summed E-state index contributed by atoms with van der Waals surface area (Å²) in [6.45, 7) is 11.0. The van der Waals surface area contributed by atoms with Crippen LogP contribution in [0.25, 0.3) is 0 Å². The summed E-state index contributed by atoms with van der Waals surface area (Å²) in [4.78, 5) is 33.9. The topological polar surface area (TPSA) is 148 Å². The van der Waals surface area contributed by atoms with Gasteiger partial charge in [-0.05, 0) is 74.1 Å². The van der Waals surface area contributed by atoms with Crippen molar-refractivity contribution in [1.82, 2.24) is 10.2 Å². The number of fused-ring (bicyclic) bond motifs is 2. The maximum absolute atomic E-state index is 13.7. The highest BCUT2D eigenvalue weighted by atomic mass is 16.7. The summed E-state index contributed by atoms with van der Waals surface area (Å²) in [6.07, 6.45) is 22.1. The number of benzene rings is 1. The highest BCUT2D eigenvalue weighted by Crippen LogP contribution is 2.61. The summed E-state index contributed by atoms with van der Waals surface area (Å²) in [5.74, 6) is -1.02. The van der Waals surface area contributed by atoms with Crippen LogP contribution in [0.2, 0.25) is 0 Å². The first kappa shape index (κ1) is 47.8. The van der Waals surface area contributed by atoms with Crippen molar-refractivity contribution < 1.29 is 43.6 Å². The van der Waals surface area contributed by atoms with Crippen LogP contribution >= 0.6 is 0 Å². The SMILES string of the molecule is C=CCCOC(=O)N(C)[C@H]1CC(=NOC)C2=C[C@H](CCCCO)[C@@H](CCCCO)[C@@H]3c4cc(OC(=O)NCCCCCCCCCCCC)ccc4O[C@@]1(OCC=C)[C@H]23. The van der Waals surface area contributed by atoms with Crippen molar-refractivity contribution in [1.29, 1.82) is 0 Å². The van der Waals surface area contributed by atoms with E-state index in [1.807, 2.05) is 12.1 Å². The zero-order valence-corrected chi connectivity index (χ0v) is 36.2. The van der Waals surface area contributed by atoms with E-state index in [9.17, 15) is 19.8 Å². The molecule has 3 N–H and O–H groups in total. The fraction of sp³-hybridized carbons (Fsp3) is 0.681. The minimum Gasteiger partial charge on any atom is -0.459 e. The number of ether oxygens (including phenoxy) is 4. The second-order valence-electron chi connectivity index (χ2n) is 16.3. The van der Waals surface area contributed by atoms with E-state index in [0.29, 0.717) is 43.0 Å². The third-order valence-electron chi connectivity index (χ3n) is 12.2. The molecular formula is C47H73N3O9. The number of carbonyl (C=O) groups is 2. The fourth-order valence-electron chi connectivity index (χ4n) is 9.31. The number of allylic oxidation sites excluding steroid dienone is 1. The predicted octanol–water partition coefficient (Wildman–Crippen LogP) is 9.60. The molecule has 12 nitrogen and oxygen atoms in total. The molecule has 6 atom stereocenters. The lowest BCUT2D eigenvalue weighted by molar-refractivity contribution is -0.253. The summed E-state index contributed by atoms with van der Waals surface area (Å²) in [7, 11) is 3.21. The smallest absolute Gasteiger partial charge is 0.412 e. The maximum atomic E-state index is 13.7. The van der Waals surface area contributed by atoms with Gasteiger partial charge in [-0.25, -0.2) is 9.59 Å². The molecule has 0 radical (unpaired) electrons. The van der Waals surface area contributed by atoms with Gasteiger partial charge in [0.15, 0.2) is 0 Å². The Hall–Kier alpha value is -3.87. The summed E-state index contributed by atoms with van der Waals surface area (Å²) in [5, 5.41) is 27.1. The molecule has 0 aromatic heterocycles. The van der Waals surface area contributed by atoms with Crippen LogP contribution in [0.4, 0.5) is 9.59 Å². The van der Waals surface area contributed by atoms with E-state index in [2.05, 4.69) is 36.6 Å². The van der Waals surface area contributed by atoms with Crippen LogP contribution < -0.4 is 14.8 Å². The van der Waals surface area contributed by atoms with Gasteiger partial charge in [-0.2, -0.15) is 0 Å². The van der Waals surface area contributed by atoms with Crippen LogP contribution in [0.1, 0.15) is 134 Å². The second kappa shape index (κ2) is 25.7. The van der Waals surface area contributed by atoms with E-state index >= 15 is 0 Å². The number of hydrogen-bond donors (Lipinski definition) is 3. The summed E-state index contributed by atoms with van der Waals surface area (Å²) in [5.41, 5.74) is 2.47. The second-order valence-corrected chi connectivity index (χ2v) is 16.3. The van der Waals surface area contributed by atoms with Crippen LogP contribution in [0.5, 0.6) is 11.5 Å². The van der Waals surface area contributed by atoms with Crippen molar-refractivity contribution in [3.05, 3.63) is 60.7 Å². The monoisotopic (exact) mass is 824 g/mol. The van der Waals surface area contributed by atoms with Crippen molar-refractivity contribution in [2.75, 3.05) is 47.1 Å². The van der Waals surface area contributed by atoms with E-state index < -0.39 is 29.9 Å². The van der Waals surface area contributed by atoms with Crippen molar-refractivity contribution in [2.45, 2.75) is 140 Å². The van der Waals surface area contributed by atoms with Gasteiger partial charge in [-0.15, -0.1) is 13.2 Å². The number of oxime groups is 1. The minimum atomic E-state index is -1.39. The van der Waals surface area contributed by atoms with E-state index in [4.69, 9.17) is 23.8 Å². The number of unbranched alkanes of at least 4 members (excludes halogenated alkanes) is 11. The Labute approximate surface area is 353 Å². The molecule has 0 saturated heterocycles. The molecule has 1 fully saturated rings. The number of nitrogens with zero attached hydrogens (tertiary/aromatic N) is 2. The predicted molar refractivity (Wildman–Crippen MR) is 232 cm³/mol. The van der Waals surface area contributed by atoms with Gasteiger partial charge < -0.3 is 44.2 Å². The van der Waals surface area contributed by atoms with E-state index in [1.54, 1.807) is 30.2 Å². The molecule has 0 spiro atoms. The maximum Gasteiger partial charge on any atom is 0.412 e. The van der Waals surface area contributed by atoms with Crippen molar-refractivity contribution >= 4 is 17.9 Å². The van der Waals surface area contributed by atoms with Crippen LogP contribution in [-0.4, -0.2) is 92.0 Å². The molecule has 0 bridgehead atoms. The minimum absolute atomic E-state index is 0.0381. The lowest BCUT2D eigenvalue weighted by atomic mass is 9.55. The fourth-order valence-corrected chi connectivity index (χ4v) is 9.31. The van der Waals surface area contributed by atoms with E-state index in [-0.39, 0.29) is 50.6 Å². The van der Waals surface area contributed by atoms with Gasteiger partial charge in [0.25, 0.3) is 0 Å². The molecule has 1 aromatic rings. The quantitative estimate of drug-likeness (QED) is 0.0427. The van der Waals surface area contributed by atoms with Crippen LogP contribution in [-0.2, 0) is 14.3 Å². The zero-order valence-electron chi connectivity index (χ0n) is 36.2. The molecule has 12 heteroatoms. The third kappa shape index (κ3) is 13.1. The first-order valence-electron chi connectivity index (χ1n) is 22.4. The highest BCUT2D eigenvalue weighted by molar-refractivity contribution is 6.02. The van der Waals surface area contributed by atoms with Crippen molar-refractivity contribution in [2.24, 2.45) is 22.9 Å².